The normalized spacial score (nSPS) is 21.5. The van der Waals surface area contributed by atoms with Crippen molar-refractivity contribution in [2.24, 2.45) is 0 Å². The molecule has 0 aliphatic carbocycles. The van der Waals surface area contributed by atoms with Crippen molar-refractivity contribution < 1.29 is 4.42 Å². The molecule has 1 aliphatic rings. The molecule has 2 rings (SSSR count). The Morgan fingerprint density at radius 1 is 1.60 bits per heavy atom. The molecule has 1 aromatic rings. The zero-order chi connectivity index (χ0) is 9.80. The second-order valence-electron chi connectivity index (χ2n) is 4.04. The van der Waals surface area contributed by atoms with Crippen molar-refractivity contribution in [3.05, 3.63) is 24.2 Å². The number of hydrogen-bond acceptors (Lipinski definition) is 3. The Morgan fingerprint density at radius 3 is 3.07 bits per heavy atom. The first-order valence-corrected chi connectivity index (χ1v) is 5.28. The van der Waals surface area contributed by atoms with Crippen molar-refractivity contribution in [2.45, 2.75) is 25.4 Å². The molecule has 0 amide bonds. The largest absolute Gasteiger partial charge is 0.472 e. The van der Waals surface area contributed by atoms with Crippen LogP contribution in [0.1, 0.15) is 18.4 Å². The van der Waals surface area contributed by atoms with Crippen LogP contribution in [0.2, 0.25) is 0 Å². The highest BCUT2D eigenvalue weighted by Gasteiger charge is 2.19. The van der Waals surface area contributed by atoms with Crippen LogP contribution in [0.15, 0.2) is 23.0 Å². The van der Waals surface area contributed by atoms with Gasteiger partial charge >= 0.3 is 0 Å². The minimum Gasteiger partial charge on any atom is -0.472 e. The molecule has 3 nitrogen and oxygen atoms in total. The number of likely N-dealkylation sites (N-methyl/N-ethyl adjacent to an activating group) is 1. The smallest absolute Gasteiger partial charge is 0.0947 e. The number of likely N-dealkylation sites (tertiary alicyclic amines) is 1. The fourth-order valence-electron chi connectivity index (χ4n) is 2.01. The molecule has 2 heterocycles. The molecule has 1 aliphatic heterocycles. The van der Waals surface area contributed by atoms with E-state index < -0.39 is 0 Å². The lowest BCUT2D eigenvalue weighted by molar-refractivity contribution is 0.300. The average molecular weight is 231 g/mol. The summed E-state index contributed by atoms with van der Waals surface area (Å²) in [6, 6.07) is 2.73. The fraction of sp³-hybridized carbons (Fsp3) is 0.636. The van der Waals surface area contributed by atoms with Crippen LogP contribution in [0.3, 0.4) is 0 Å². The minimum absolute atomic E-state index is 0. The monoisotopic (exact) mass is 230 g/mol. The Labute approximate surface area is 97.2 Å². The molecule has 0 spiro atoms. The number of nitrogens with one attached hydrogen (secondary N) is 1. The Balaban J connectivity index is 0.00000112. The zero-order valence-corrected chi connectivity index (χ0v) is 9.93. The summed E-state index contributed by atoms with van der Waals surface area (Å²) in [6.45, 7) is 3.25. The molecule has 0 saturated carbocycles. The second-order valence-corrected chi connectivity index (χ2v) is 4.04. The molecule has 4 heteroatoms. The van der Waals surface area contributed by atoms with Crippen LogP contribution in [-0.2, 0) is 6.54 Å². The predicted octanol–water partition coefficient (Wildman–Crippen LogP) is 1.89. The van der Waals surface area contributed by atoms with Crippen LogP contribution in [0.25, 0.3) is 0 Å². The van der Waals surface area contributed by atoms with E-state index in [9.17, 15) is 0 Å². The van der Waals surface area contributed by atoms with Crippen LogP contribution in [0.4, 0.5) is 0 Å². The first-order valence-electron chi connectivity index (χ1n) is 5.28. The molecule has 86 valence electrons. The summed E-state index contributed by atoms with van der Waals surface area (Å²) in [5, 5.41) is 3.46. The maximum atomic E-state index is 5.01. The van der Waals surface area contributed by atoms with Gasteiger partial charge in [0.25, 0.3) is 0 Å². The van der Waals surface area contributed by atoms with Gasteiger partial charge in [-0.1, -0.05) is 0 Å². The zero-order valence-electron chi connectivity index (χ0n) is 9.11. The highest BCUT2D eigenvalue weighted by Crippen LogP contribution is 2.13. The van der Waals surface area contributed by atoms with Crippen LogP contribution in [0.5, 0.6) is 0 Å². The summed E-state index contributed by atoms with van der Waals surface area (Å²) in [6.07, 6.45) is 6.19. The van der Waals surface area contributed by atoms with Crippen molar-refractivity contribution in [3.63, 3.8) is 0 Å². The number of furan rings is 1. The SMILES string of the molecule is CN1CCCC1CNCc1ccoc1.Cl. The van der Waals surface area contributed by atoms with E-state index in [1.807, 2.05) is 6.07 Å². The standard InChI is InChI=1S/C11H18N2O.ClH/c1-13-5-2-3-11(13)8-12-7-10-4-6-14-9-10;/h4,6,9,11-12H,2-3,5,7-8H2,1H3;1H. The van der Waals surface area contributed by atoms with Gasteiger partial charge in [0.15, 0.2) is 0 Å². The van der Waals surface area contributed by atoms with Crippen molar-refractivity contribution >= 4 is 12.4 Å². The molecular formula is C11H19ClN2O. The summed E-state index contributed by atoms with van der Waals surface area (Å²) in [4.78, 5) is 2.43. The van der Waals surface area contributed by atoms with E-state index in [0.29, 0.717) is 0 Å². The van der Waals surface area contributed by atoms with Crippen LogP contribution in [-0.4, -0.2) is 31.1 Å². The van der Waals surface area contributed by atoms with E-state index in [2.05, 4.69) is 17.3 Å². The van der Waals surface area contributed by atoms with Crippen molar-refractivity contribution in [3.8, 4) is 0 Å². The highest BCUT2D eigenvalue weighted by molar-refractivity contribution is 5.85. The van der Waals surface area contributed by atoms with Gasteiger partial charge in [-0.2, -0.15) is 0 Å². The van der Waals surface area contributed by atoms with E-state index in [0.717, 1.165) is 19.1 Å². The first kappa shape index (κ1) is 12.6. The molecule has 0 radical (unpaired) electrons. The summed E-state index contributed by atoms with van der Waals surface area (Å²) < 4.78 is 5.01. The Bertz CT molecular complexity index is 264. The quantitative estimate of drug-likeness (QED) is 0.857. The van der Waals surface area contributed by atoms with Gasteiger partial charge in [0.2, 0.25) is 0 Å². The lowest BCUT2D eigenvalue weighted by atomic mass is 10.2. The average Bonchev–Trinajstić information content (AvgIpc) is 2.78. The van der Waals surface area contributed by atoms with E-state index in [1.54, 1.807) is 12.5 Å². The first-order chi connectivity index (χ1) is 6.86. The third-order valence-corrected chi connectivity index (χ3v) is 2.96. The lowest BCUT2D eigenvalue weighted by Gasteiger charge is -2.19. The van der Waals surface area contributed by atoms with E-state index in [-0.39, 0.29) is 12.4 Å². The molecule has 1 unspecified atom stereocenters. The van der Waals surface area contributed by atoms with Gasteiger partial charge in [0, 0.05) is 24.7 Å². The molecule has 15 heavy (non-hydrogen) atoms. The number of halogens is 1. The third kappa shape index (κ3) is 3.52. The van der Waals surface area contributed by atoms with Gasteiger partial charge in [0.1, 0.15) is 0 Å². The molecule has 1 aromatic heterocycles. The number of hydrogen-bond donors (Lipinski definition) is 1. The van der Waals surface area contributed by atoms with Crippen LogP contribution < -0.4 is 5.32 Å². The highest BCUT2D eigenvalue weighted by atomic mass is 35.5. The summed E-state index contributed by atoms with van der Waals surface area (Å²) in [5.74, 6) is 0. The number of rotatable bonds is 4. The van der Waals surface area contributed by atoms with Crippen molar-refractivity contribution in [2.75, 3.05) is 20.1 Å². The Morgan fingerprint density at radius 2 is 2.47 bits per heavy atom. The predicted molar refractivity (Wildman–Crippen MR) is 63.3 cm³/mol. The van der Waals surface area contributed by atoms with E-state index in [1.165, 1.54) is 24.9 Å². The van der Waals surface area contributed by atoms with Crippen LogP contribution in [0, 0.1) is 0 Å². The Kier molecular flexibility index (Phi) is 5.15. The third-order valence-electron chi connectivity index (χ3n) is 2.96. The van der Waals surface area contributed by atoms with E-state index >= 15 is 0 Å². The molecule has 1 saturated heterocycles. The molecule has 1 fully saturated rings. The molecule has 1 atom stereocenters. The fourth-order valence-corrected chi connectivity index (χ4v) is 2.01. The van der Waals surface area contributed by atoms with Crippen molar-refractivity contribution in [1.82, 2.24) is 10.2 Å². The van der Waals surface area contributed by atoms with Crippen molar-refractivity contribution in [1.29, 1.82) is 0 Å². The number of nitrogens with zero attached hydrogens (tertiary/aromatic N) is 1. The maximum absolute atomic E-state index is 5.01. The summed E-state index contributed by atoms with van der Waals surface area (Å²) >= 11 is 0. The van der Waals surface area contributed by atoms with Crippen LogP contribution >= 0.6 is 12.4 Å². The maximum Gasteiger partial charge on any atom is 0.0947 e. The summed E-state index contributed by atoms with van der Waals surface area (Å²) in [7, 11) is 2.21. The van der Waals surface area contributed by atoms with Gasteiger partial charge in [-0.05, 0) is 32.5 Å². The second kappa shape index (κ2) is 6.16. The van der Waals surface area contributed by atoms with Gasteiger partial charge in [-0.25, -0.2) is 0 Å². The van der Waals surface area contributed by atoms with Gasteiger partial charge in [0.05, 0.1) is 12.5 Å². The molecule has 1 N–H and O–H groups in total. The lowest BCUT2D eigenvalue weighted by Crippen LogP contribution is -2.35. The van der Waals surface area contributed by atoms with Gasteiger partial charge < -0.3 is 14.6 Å². The summed E-state index contributed by atoms with van der Waals surface area (Å²) in [5.41, 5.74) is 1.23. The Hall–Kier alpha value is -0.510. The molecule has 0 bridgehead atoms. The minimum atomic E-state index is 0. The topological polar surface area (TPSA) is 28.4 Å². The molecule has 0 aromatic carbocycles. The van der Waals surface area contributed by atoms with Gasteiger partial charge in [-0.3, -0.25) is 0 Å². The molecular weight excluding hydrogens is 212 g/mol. The van der Waals surface area contributed by atoms with E-state index in [4.69, 9.17) is 4.42 Å². The van der Waals surface area contributed by atoms with Gasteiger partial charge in [-0.15, -0.1) is 12.4 Å².